The Balaban J connectivity index is 2.55. The summed E-state index contributed by atoms with van der Waals surface area (Å²) in [7, 11) is 1.68. The molecule has 0 fully saturated rings. The number of hydrogen-bond acceptors (Lipinski definition) is 2. The molecule has 0 aromatic heterocycles. The van der Waals surface area contributed by atoms with Gasteiger partial charge in [-0.1, -0.05) is 32.4 Å². The Kier molecular flexibility index (Phi) is 6.26. The molecule has 0 aliphatic rings. The second kappa shape index (κ2) is 7.75. The molecule has 0 radical (unpaired) electrons. The van der Waals surface area contributed by atoms with Gasteiger partial charge in [0.2, 0.25) is 5.91 Å². The molecule has 0 saturated carbocycles. The maximum absolute atomic E-state index is 11.5. The van der Waals surface area contributed by atoms with Gasteiger partial charge in [0, 0.05) is 13.0 Å². The summed E-state index contributed by atoms with van der Waals surface area (Å²) in [5.74, 6) is 1.05. The zero-order chi connectivity index (χ0) is 13.4. The number of rotatable bonds is 7. The highest BCUT2D eigenvalue weighted by Crippen LogP contribution is 2.20. The number of ether oxygens (including phenoxy) is 1. The first-order valence-electron chi connectivity index (χ1n) is 6.63. The van der Waals surface area contributed by atoms with Crippen molar-refractivity contribution in [3.05, 3.63) is 29.3 Å². The molecular formula is C15H23NO2. The van der Waals surface area contributed by atoms with E-state index in [4.69, 9.17) is 4.74 Å². The lowest BCUT2D eigenvalue weighted by Crippen LogP contribution is -2.22. The molecule has 3 heteroatoms. The number of carbonyl (C=O) groups is 1. The van der Waals surface area contributed by atoms with Crippen LogP contribution in [0.2, 0.25) is 0 Å². The summed E-state index contributed by atoms with van der Waals surface area (Å²) < 4.78 is 5.28. The average molecular weight is 249 g/mol. The van der Waals surface area contributed by atoms with Gasteiger partial charge in [0.25, 0.3) is 0 Å². The van der Waals surface area contributed by atoms with Gasteiger partial charge in [-0.05, 0) is 30.0 Å². The van der Waals surface area contributed by atoms with Crippen LogP contribution in [0, 0.1) is 0 Å². The predicted molar refractivity (Wildman–Crippen MR) is 73.7 cm³/mol. The summed E-state index contributed by atoms with van der Waals surface area (Å²) in [5.41, 5.74) is 2.30. The smallest absolute Gasteiger partial charge is 0.220 e. The molecule has 1 rings (SSSR count). The van der Waals surface area contributed by atoms with Gasteiger partial charge in [-0.25, -0.2) is 0 Å². The van der Waals surface area contributed by atoms with Crippen LogP contribution in [0.3, 0.4) is 0 Å². The minimum Gasteiger partial charge on any atom is -0.496 e. The van der Waals surface area contributed by atoms with Crippen molar-refractivity contribution in [3.8, 4) is 5.75 Å². The molecule has 0 aliphatic heterocycles. The van der Waals surface area contributed by atoms with Crippen LogP contribution in [0.1, 0.15) is 44.2 Å². The maximum Gasteiger partial charge on any atom is 0.220 e. The lowest BCUT2D eigenvalue weighted by molar-refractivity contribution is -0.121. The molecule has 0 atom stereocenters. The fraction of sp³-hybridized carbons (Fsp3) is 0.533. The van der Waals surface area contributed by atoms with E-state index in [-0.39, 0.29) is 5.91 Å². The Morgan fingerprint density at radius 1 is 1.33 bits per heavy atom. The fourth-order valence-electron chi connectivity index (χ4n) is 1.84. The Morgan fingerprint density at radius 2 is 2.11 bits per heavy atom. The molecule has 100 valence electrons. The molecule has 1 N–H and O–H groups in total. The van der Waals surface area contributed by atoms with Crippen LogP contribution in [0.25, 0.3) is 0 Å². The summed E-state index contributed by atoms with van der Waals surface area (Å²) >= 11 is 0. The van der Waals surface area contributed by atoms with Crippen molar-refractivity contribution >= 4 is 5.91 Å². The van der Waals surface area contributed by atoms with Crippen molar-refractivity contribution in [2.24, 2.45) is 0 Å². The Labute approximate surface area is 110 Å². The van der Waals surface area contributed by atoms with Crippen LogP contribution in [0.15, 0.2) is 18.2 Å². The molecule has 18 heavy (non-hydrogen) atoms. The van der Waals surface area contributed by atoms with Gasteiger partial charge in [0.15, 0.2) is 0 Å². The first kappa shape index (κ1) is 14.6. The third-order valence-electron chi connectivity index (χ3n) is 2.97. The number of hydrogen-bond donors (Lipinski definition) is 1. The molecule has 0 unspecified atom stereocenters. The number of methoxy groups -OCH3 is 1. The van der Waals surface area contributed by atoms with E-state index in [1.807, 2.05) is 12.1 Å². The molecule has 1 aromatic rings. The summed E-state index contributed by atoms with van der Waals surface area (Å²) in [5, 5.41) is 2.94. The Morgan fingerprint density at radius 3 is 2.72 bits per heavy atom. The van der Waals surface area contributed by atoms with E-state index >= 15 is 0 Å². The van der Waals surface area contributed by atoms with Crippen LogP contribution < -0.4 is 10.1 Å². The number of amides is 1. The van der Waals surface area contributed by atoms with Crippen LogP contribution >= 0.6 is 0 Å². The third kappa shape index (κ3) is 4.40. The molecular weight excluding hydrogens is 226 g/mol. The molecule has 3 nitrogen and oxygen atoms in total. The minimum absolute atomic E-state index is 0.130. The summed E-state index contributed by atoms with van der Waals surface area (Å²) in [6, 6.07) is 6.06. The van der Waals surface area contributed by atoms with Crippen LogP contribution in [0.4, 0.5) is 0 Å². The number of benzene rings is 1. The van der Waals surface area contributed by atoms with Crippen molar-refractivity contribution in [1.29, 1.82) is 0 Å². The highest BCUT2D eigenvalue weighted by Gasteiger charge is 2.04. The Bertz CT molecular complexity index is 388. The van der Waals surface area contributed by atoms with Crippen LogP contribution in [-0.4, -0.2) is 13.0 Å². The third-order valence-corrected chi connectivity index (χ3v) is 2.97. The molecule has 0 spiro atoms. The second-order valence-corrected chi connectivity index (χ2v) is 4.38. The second-order valence-electron chi connectivity index (χ2n) is 4.38. The molecule has 1 amide bonds. The van der Waals surface area contributed by atoms with Crippen molar-refractivity contribution in [2.45, 2.75) is 46.1 Å². The molecule has 0 heterocycles. The van der Waals surface area contributed by atoms with Crippen molar-refractivity contribution in [1.82, 2.24) is 5.32 Å². The van der Waals surface area contributed by atoms with Gasteiger partial charge in [-0.3, -0.25) is 4.79 Å². The lowest BCUT2D eigenvalue weighted by atomic mass is 10.1. The van der Waals surface area contributed by atoms with Gasteiger partial charge in [-0.2, -0.15) is 0 Å². The van der Waals surface area contributed by atoms with Crippen molar-refractivity contribution < 1.29 is 9.53 Å². The van der Waals surface area contributed by atoms with E-state index in [2.05, 4.69) is 25.2 Å². The van der Waals surface area contributed by atoms with Gasteiger partial charge in [-0.15, -0.1) is 0 Å². The first-order chi connectivity index (χ1) is 8.71. The number of nitrogens with one attached hydrogen (secondary N) is 1. The zero-order valence-electron chi connectivity index (χ0n) is 11.6. The van der Waals surface area contributed by atoms with Crippen molar-refractivity contribution in [3.63, 3.8) is 0 Å². The predicted octanol–water partition coefficient (Wildman–Crippen LogP) is 3.06. The van der Waals surface area contributed by atoms with Crippen molar-refractivity contribution in [2.75, 3.05) is 7.11 Å². The largest absolute Gasteiger partial charge is 0.496 e. The summed E-state index contributed by atoms with van der Waals surface area (Å²) in [6.07, 6.45) is 3.55. The monoisotopic (exact) mass is 249 g/mol. The van der Waals surface area contributed by atoms with E-state index in [0.29, 0.717) is 13.0 Å². The van der Waals surface area contributed by atoms with Gasteiger partial charge < -0.3 is 10.1 Å². The maximum atomic E-state index is 11.5. The summed E-state index contributed by atoms with van der Waals surface area (Å²) in [6.45, 7) is 4.78. The van der Waals surface area contributed by atoms with E-state index < -0.39 is 0 Å². The topological polar surface area (TPSA) is 38.3 Å². The number of unbranched alkanes of at least 4 members (excludes halogenated alkanes) is 1. The molecule has 1 aromatic carbocycles. The van der Waals surface area contributed by atoms with Gasteiger partial charge >= 0.3 is 0 Å². The fourth-order valence-corrected chi connectivity index (χ4v) is 1.84. The van der Waals surface area contributed by atoms with E-state index in [0.717, 1.165) is 30.6 Å². The van der Waals surface area contributed by atoms with E-state index in [9.17, 15) is 4.79 Å². The van der Waals surface area contributed by atoms with Crippen LogP contribution in [0.5, 0.6) is 5.75 Å². The molecule has 0 saturated heterocycles. The van der Waals surface area contributed by atoms with Gasteiger partial charge in [0.05, 0.1) is 7.11 Å². The SMILES string of the molecule is CCCCC(=O)NCc1ccc(OC)c(CC)c1. The van der Waals surface area contributed by atoms with Gasteiger partial charge in [0.1, 0.15) is 5.75 Å². The normalized spacial score (nSPS) is 10.2. The quantitative estimate of drug-likeness (QED) is 0.806. The van der Waals surface area contributed by atoms with E-state index in [1.165, 1.54) is 5.56 Å². The number of carbonyl (C=O) groups excluding carboxylic acids is 1. The number of aryl methyl sites for hydroxylation is 1. The summed E-state index contributed by atoms with van der Waals surface area (Å²) in [4.78, 5) is 11.5. The standard InChI is InChI=1S/C15H23NO2/c1-4-6-7-15(17)16-11-12-8-9-14(18-3)13(5-2)10-12/h8-10H,4-7,11H2,1-3H3,(H,16,17). The first-order valence-corrected chi connectivity index (χ1v) is 6.63. The minimum atomic E-state index is 0.130. The average Bonchev–Trinajstić information content (AvgIpc) is 2.42. The zero-order valence-corrected chi connectivity index (χ0v) is 11.6. The van der Waals surface area contributed by atoms with E-state index in [1.54, 1.807) is 7.11 Å². The Hall–Kier alpha value is -1.51. The molecule has 0 aliphatic carbocycles. The van der Waals surface area contributed by atoms with Crippen LogP contribution in [-0.2, 0) is 17.8 Å². The lowest BCUT2D eigenvalue weighted by Gasteiger charge is -2.10. The molecule has 0 bridgehead atoms. The highest BCUT2D eigenvalue weighted by molar-refractivity contribution is 5.75. The highest BCUT2D eigenvalue weighted by atomic mass is 16.5.